The summed E-state index contributed by atoms with van der Waals surface area (Å²) in [6.07, 6.45) is 0.291. The highest BCUT2D eigenvalue weighted by molar-refractivity contribution is 5.89. The van der Waals surface area contributed by atoms with E-state index < -0.39 is 24.1 Å². The van der Waals surface area contributed by atoms with Crippen molar-refractivity contribution >= 4 is 11.8 Å². The van der Waals surface area contributed by atoms with Crippen LogP contribution in [0.1, 0.15) is 26.7 Å². The molecule has 5 N–H and O–H groups in total. The molecule has 1 heterocycles. The number of nitrogens with two attached hydrogens (primary N) is 2. The van der Waals surface area contributed by atoms with Crippen molar-refractivity contribution < 1.29 is 14.7 Å². The molecule has 0 aromatic rings. The number of hydrogen-bond acceptors (Lipinski definition) is 4. The second-order valence-electron chi connectivity index (χ2n) is 4.71. The lowest BCUT2D eigenvalue weighted by Crippen LogP contribution is -2.52. The number of nitrogens with zero attached hydrogens (tertiary/aromatic N) is 1. The summed E-state index contributed by atoms with van der Waals surface area (Å²) in [5.41, 5.74) is 11.0. The Morgan fingerprint density at radius 3 is 2.59 bits per heavy atom. The number of hydrogen-bond donors (Lipinski definition) is 3. The zero-order valence-corrected chi connectivity index (χ0v) is 10.3. The standard InChI is InChI=1S/C11H21N3O3/c1-3-6(2)9(12)11(17)14-5-7(15)4-8(14)10(13)16/h6-9,15H,3-5,12H2,1-2H3,(H2,13,16)/t6-,7?,8?,9-/m0/s1. The first-order valence-electron chi connectivity index (χ1n) is 5.91. The van der Waals surface area contributed by atoms with Gasteiger partial charge in [0.25, 0.3) is 0 Å². The van der Waals surface area contributed by atoms with Crippen LogP contribution in [0.2, 0.25) is 0 Å². The van der Waals surface area contributed by atoms with E-state index in [0.29, 0.717) is 0 Å². The van der Waals surface area contributed by atoms with Crippen LogP contribution in [0.4, 0.5) is 0 Å². The topological polar surface area (TPSA) is 110 Å². The average Bonchev–Trinajstić information content (AvgIpc) is 2.68. The molecule has 17 heavy (non-hydrogen) atoms. The first kappa shape index (κ1) is 13.9. The number of aliphatic hydroxyl groups excluding tert-OH is 1. The molecule has 2 unspecified atom stereocenters. The molecule has 1 rings (SSSR count). The molecule has 0 aromatic heterocycles. The van der Waals surface area contributed by atoms with E-state index in [1.54, 1.807) is 0 Å². The highest BCUT2D eigenvalue weighted by Gasteiger charge is 2.40. The van der Waals surface area contributed by atoms with Crippen molar-refractivity contribution in [3.05, 3.63) is 0 Å². The van der Waals surface area contributed by atoms with E-state index in [0.717, 1.165) is 6.42 Å². The van der Waals surface area contributed by atoms with Gasteiger partial charge in [0.15, 0.2) is 0 Å². The maximum absolute atomic E-state index is 12.1. The van der Waals surface area contributed by atoms with Crippen molar-refractivity contribution in [1.29, 1.82) is 0 Å². The van der Waals surface area contributed by atoms with Gasteiger partial charge < -0.3 is 21.5 Å². The van der Waals surface area contributed by atoms with E-state index in [1.807, 2.05) is 13.8 Å². The van der Waals surface area contributed by atoms with Crippen LogP contribution in [0, 0.1) is 5.92 Å². The Balaban J connectivity index is 2.77. The summed E-state index contributed by atoms with van der Waals surface area (Å²) in [6, 6.07) is -1.38. The highest BCUT2D eigenvalue weighted by Crippen LogP contribution is 2.20. The molecule has 0 aliphatic carbocycles. The second-order valence-corrected chi connectivity index (χ2v) is 4.71. The molecule has 0 spiro atoms. The Morgan fingerprint density at radius 1 is 1.53 bits per heavy atom. The molecular weight excluding hydrogens is 222 g/mol. The van der Waals surface area contributed by atoms with Crippen LogP contribution in [0.3, 0.4) is 0 Å². The van der Waals surface area contributed by atoms with Gasteiger partial charge in [-0.2, -0.15) is 0 Å². The highest BCUT2D eigenvalue weighted by atomic mass is 16.3. The third-order valence-electron chi connectivity index (χ3n) is 3.43. The van der Waals surface area contributed by atoms with E-state index in [2.05, 4.69) is 0 Å². The van der Waals surface area contributed by atoms with Gasteiger partial charge in [-0.05, 0) is 5.92 Å². The lowest BCUT2D eigenvalue weighted by Gasteiger charge is -2.27. The number of amides is 2. The summed E-state index contributed by atoms with van der Waals surface area (Å²) in [5.74, 6) is -0.861. The summed E-state index contributed by atoms with van der Waals surface area (Å²) in [6.45, 7) is 3.97. The van der Waals surface area contributed by atoms with Gasteiger partial charge in [-0.15, -0.1) is 0 Å². The average molecular weight is 243 g/mol. The number of likely N-dealkylation sites (tertiary alicyclic amines) is 1. The minimum Gasteiger partial charge on any atom is -0.391 e. The molecule has 6 heteroatoms. The minimum atomic E-state index is -0.729. The first-order valence-corrected chi connectivity index (χ1v) is 5.91. The smallest absolute Gasteiger partial charge is 0.240 e. The van der Waals surface area contributed by atoms with Crippen LogP contribution >= 0.6 is 0 Å². The van der Waals surface area contributed by atoms with Gasteiger partial charge in [0.1, 0.15) is 6.04 Å². The SMILES string of the molecule is CC[C@H](C)[C@H](N)C(=O)N1CC(O)CC1C(N)=O. The molecule has 0 bridgehead atoms. The van der Waals surface area contributed by atoms with Crippen LogP contribution in [-0.4, -0.2) is 46.6 Å². The maximum Gasteiger partial charge on any atom is 0.240 e. The van der Waals surface area contributed by atoms with Crippen molar-refractivity contribution in [3.63, 3.8) is 0 Å². The van der Waals surface area contributed by atoms with Crippen molar-refractivity contribution in [2.75, 3.05) is 6.54 Å². The van der Waals surface area contributed by atoms with Gasteiger partial charge in [0.2, 0.25) is 11.8 Å². The third-order valence-corrected chi connectivity index (χ3v) is 3.43. The number of primary amides is 1. The van der Waals surface area contributed by atoms with E-state index in [1.165, 1.54) is 4.90 Å². The molecular formula is C11H21N3O3. The third kappa shape index (κ3) is 2.95. The molecule has 6 nitrogen and oxygen atoms in total. The second kappa shape index (κ2) is 5.46. The molecule has 1 saturated heterocycles. The fraction of sp³-hybridized carbons (Fsp3) is 0.818. The van der Waals surface area contributed by atoms with Crippen LogP contribution in [-0.2, 0) is 9.59 Å². The Hall–Kier alpha value is -1.14. The Kier molecular flexibility index (Phi) is 4.47. The van der Waals surface area contributed by atoms with Gasteiger partial charge in [-0.3, -0.25) is 9.59 Å². The lowest BCUT2D eigenvalue weighted by atomic mass is 9.98. The van der Waals surface area contributed by atoms with Crippen molar-refractivity contribution in [1.82, 2.24) is 4.90 Å². The molecule has 1 aliphatic heterocycles. The lowest BCUT2D eigenvalue weighted by molar-refractivity contribution is -0.139. The van der Waals surface area contributed by atoms with Crippen LogP contribution in [0.25, 0.3) is 0 Å². The predicted octanol–water partition coefficient (Wildman–Crippen LogP) is -1.19. The van der Waals surface area contributed by atoms with E-state index in [-0.39, 0.29) is 24.8 Å². The fourth-order valence-electron chi connectivity index (χ4n) is 2.02. The molecule has 2 amide bonds. The number of carbonyl (C=O) groups is 2. The molecule has 0 radical (unpaired) electrons. The molecule has 0 saturated carbocycles. The largest absolute Gasteiger partial charge is 0.391 e. The number of aliphatic hydroxyl groups is 1. The van der Waals surface area contributed by atoms with Crippen LogP contribution in [0.15, 0.2) is 0 Å². The fourth-order valence-corrected chi connectivity index (χ4v) is 2.02. The zero-order valence-electron chi connectivity index (χ0n) is 10.3. The Labute approximate surface area is 101 Å². The quantitative estimate of drug-likeness (QED) is 0.576. The zero-order chi connectivity index (χ0) is 13.2. The maximum atomic E-state index is 12.1. The minimum absolute atomic E-state index is 0.0359. The van der Waals surface area contributed by atoms with Gasteiger partial charge in [0.05, 0.1) is 12.1 Å². The van der Waals surface area contributed by atoms with Gasteiger partial charge in [-0.25, -0.2) is 0 Å². The first-order chi connectivity index (χ1) is 7.88. The molecule has 1 aliphatic rings. The molecule has 4 atom stereocenters. The summed E-state index contributed by atoms with van der Waals surface area (Å²) in [5, 5.41) is 9.50. The van der Waals surface area contributed by atoms with E-state index >= 15 is 0 Å². The normalized spacial score (nSPS) is 27.9. The number of β-amino-alcohol motifs (C(OH)–C–C–N with tert-alkyl or cyclic N) is 1. The molecule has 1 fully saturated rings. The monoisotopic (exact) mass is 243 g/mol. The van der Waals surface area contributed by atoms with Crippen molar-refractivity contribution in [3.8, 4) is 0 Å². The van der Waals surface area contributed by atoms with Crippen LogP contribution < -0.4 is 11.5 Å². The van der Waals surface area contributed by atoms with E-state index in [9.17, 15) is 14.7 Å². The van der Waals surface area contributed by atoms with Gasteiger partial charge in [0, 0.05) is 13.0 Å². The van der Waals surface area contributed by atoms with Gasteiger partial charge in [-0.1, -0.05) is 20.3 Å². The Morgan fingerprint density at radius 2 is 2.12 bits per heavy atom. The van der Waals surface area contributed by atoms with Gasteiger partial charge >= 0.3 is 0 Å². The molecule has 98 valence electrons. The summed E-state index contributed by atoms with van der Waals surface area (Å²) in [4.78, 5) is 24.6. The summed E-state index contributed by atoms with van der Waals surface area (Å²) in [7, 11) is 0. The summed E-state index contributed by atoms with van der Waals surface area (Å²) < 4.78 is 0. The number of carbonyl (C=O) groups excluding carboxylic acids is 2. The van der Waals surface area contributed by atoms with Crippen LogP contribution in [0.5, 0.6) is 0 Å². The summed E-state index contributed by atoms with van der Waals surface area (Å²) >= 11 is 0. The number of rotatable bonds is 4. The van der Waals surface area contributed by atoms with E-state index in [4.69, 9.17) is 11.5 Å². The van der Waals surface area contributed by atoms with Crippen molar-refractivity contribution in [2.45, 2.75) is 44.9 Å². The predicted molar refractivity (Wildman–Crippen MR) is 62.7 cm³/mol. The Bertz CT molecular complexity index is 308. The van der Waals surface area contributed by atoms with Crippen molar-refractivity contribution in [2.24, 2.45) is 17.4 Å². The molecule has 0 aromatic carbocycles.